The number of nitrogens with one attached hydrogen (secondary N) is 1. The molecule has 2 amide bonds. The average molecular weight is 505 g/mol. The zero-order chi connectivity index (χ0) is 27.3. The number of nitrogens with two attached hydrogens (primary N) is 3. The lowest BCUT2D eigenvalue weighted by molar-refractivity contribution is -0.141. The number of hydrogen-bond acceptors (Lipinski definition) is 11. The second-order valence-corrected chi connectivity index (χ2v) is 7.78. The lowest BCUT2D eigenvalue weighted by Gasteiger charge is -2.29. The van der Waals surface area contributed by atoms with Crippen LogP contribution in [0.3, 0.4) is 0 Å². The molecule has 36 heavy (non-hydrogen) atoms. The van der Waals surface area contributed by atoms with Crippen LogP contribution in [0.15, 0.2) is 33.9 Å². The molecule has 0 unspecified atom stereocenters. The maximum absolute atomic E-state index is 12.8. The van der Waals surface area contributed by atoms with E-state index in [0.717, 1.165) is 0 Å². The standard InChI is InChI=1S/C23H36N8O5/c1-15(25)9-18(28-13-24)23(34)29-14-31(8-6-7-30(3)12-20(32)36-5)21-17(27-2)10-16(22(26)33)11-19(21)35-4/h9-11H,2,6-8,12-14,24-25H2,1,3-5H3,(H2,26,33)(H,29,34)/b15-9-,28-18-. The molecular weight excluding hydrogens is 468 g/mol. The summed E-state index contributed by atoms with van der Waals surface area (Å²) >= 11 is 0. The van der Waals surface area contributed by atoms with E-state index >= 15 is 0 Å². The number of amides is 2. The molecule has 0 heterocycles. The number of hydrogen-bond donors (Lipinski definition) is 4. The molecule has 0 aliphatic heterocycles. The number of primary amides is 1. The molecule has 0 aliphatic rings. The van der Waals surface area contributed by atoms with Crippen molar-refractivity contribution in [1.82, 2.24) is 10.2 Å². The number of esters is 1. The summed E-state index contributed by atoms with van der Waals surface area (Å²) in [4.78, 5) is 47.7. The van der Waals surface area contributed by atoms with Gasteiger partial charge in [-0.1, -0.05) is 0 Å². The van der Waals surface area contributed by atoms with Crippen molar-refractivity contribution >= 4 is 41.6 Å². The van der Waals surface area contributed by atoms with Crippen molar-refractivity contribution in [2.75, 3.05) is 59.1 Å². The number of methoxy groups -OCH3 is 2. The monoisotopic (exact) mass is 504 g/mol. The summed E-state index contributed by atoms with van der Waals surface area (Å²) in [5.41, 5.74) is 18.1. The number of anilines is 1. The number of benzene rings is 1. The van der Waals surface area contributed by atoms with Crippen LogP contribution in [0, 0.1) is 0 Å². The van der Waals surface area contributed by atoms with E-state index in [2.05, 4.69) is 22.0 Å². The number of nitrogens with zero attached hydrogens (tertiary/aromatic N) is 4. The molecule has 0 saturated heterocycles. The fourth-order valence-corrected chi connectivity index (χ4v) is 3.25. The van der Waals surface area contributed by atoms with Crippen molar-refractivity contribution in [3.05, 3.63) is 29.5 Å². The van der Waals surface area contributed by atoms with E-state index in [1.54, 1.807) is 18.9 Å². The van der Waals surface area contributed by atoms with Crippen LogP contribution >= 0.6 is 0 Å². The van der Waals surface area contributed by atoms with Crippen LogP contribution in [0.25, 0.3) is 0 Å². The predicted octanol–water partition coefficient (Wildman–Crippen LogP) is -0.279. The Labute approximate surface area is 211 Å². The van der Waals surface area contributed by atoms with Crippen molar-refractivity contribution in [2.45, 2.75) is 13.3 Å². The minimum absolute atomic E-state index is 0.0232. The van der Waals surface area contributed by atoms with E-state index in [1.165, 1.54) is 32.4 Å². The largest absolute Gasteiger partial charge is 0.494 e. The predicted molar refractivity (Wildman–Crippen MR) is 140 cm³/mol. The molecule has 198 valence electrons. The summed E-state index contributed by atoms with van der Waals surface area (Å²) < 4.78 is 10.2. The Bertz CT molecular complexity index is 1000. The van der Waals surface area contributed by atoms with Crippen LogP contribution in [0.4, 0.5) is 11.4 Å². The maximum atomic E-state index is 12.8. The van der Waals surface area contributed by atoms with Gasteiger partial charge in [0.05, 0.1) is 39.8 Å². The van der Waals surface area contributed by atoms with Crippen LogP contribution in [0.2, 0.25) is 0 Å². The molecular formula is C23H36N8O5. The van der Waals surface area contributed by atoms with Crippen LogP contribution in [0.5, 0.6) is 5.75 Å². The molecule has 13 heteroatoms. The van der Waals surface area contributed by atoms with Gasteiger partial charge in [-0.25, -0.2) is 0 Å². The lowest BCUT2D eigenvalue weighted by atomic mass is 10.1. The second-order valence-electron chi connectivity index (χ2n) is 7.78. The lowest BCUT2D eigenvalue weighted by Crippen LogP contribution is -2.42. The first-order chi connectivity index (χ1) is 17.1. The highest BCUT2D eigenvalue weighted by atomic mass is 16.5. The Balaban J connectivity index is 3.28. The third-order valence-corrected chi connectivity index (χ3v) is 4.93. The van der Waals surface area contributed by atoms with Gasteiger partial charge in [0.15, 0.2) is 0 Å². The first kappa shape index (κ1) is 30.1. The van der Waals surface area contributed by atoms with Crippen molar-refractivity contribution in [3.8, 4) is 5.75 Å². The fourth-order valence-electron chi connectivity index (χ4n) is 3.25. The number of aliphatic imine (C=N–C) groups is 2. The van der Waals surface area contributed by atoms with Crippen molar-refractivity contribution in [2.24, 2.45) is 27.2 Å². The summed E-state index contributed by atoms with van der Waals surface area (Å²) in [5.74, 6) is -1.17. The molecule has 0 radical (unpaired) electrons. The van der Waals surface area contributed by atoms with Crippen molar-refractivity contribution in [1.29, 1.82) is 0 Å². The van der Waals surface area contributed by atoms with Crippen LogP contribution in [-0.4, -0.2) is 89.4 Å². The number of allylic oxidation sites excluding steroid dienone is 1. The van der Waals surface area contributed by atoms with E-state index in [4.69, 9.17) is 26.7 Å². The Morgan fingerprint density at radius 3 is 2.42 bits per heavy atom. The SMILES string of the molecule is C=Nc1cc(C(N)=O)cc(OC)c1N(CCCN(C)CC(=O)OC)CNC(=O)C(/C=C(/C)N)=N\CN. The molecule has 1 aromatic rings. The van der Waals surface area contributed by atoms with Gasteiger partial charge in [-0.05, 0) is 45.3 Å². The van der Waals surface area contributed by atoms with E-state index in [1.807, 2.05) is 4.90 Å². The maximum Gasteiger partial charge on any atom is 0.319 e. The molecule has 0 spiro atoms. The summed E-state index contributed by atoms with van der Waals surface area (Å²) in [5, 5.41) is 2.79. The Hall–Kier alpha value is -3.97. The smallest absolute Gasteiger partial charge is 0.319 e. The molecule has 0 atom stereocenters. The van der Waals surface area contributed by atoms with Gasteiger partial charge >= 0.3 is 5.97 Å². The summed E-state index contributed by atoms with van der Waals surface area (Å²) in [6.07, 6.45) is 2.01. The number of likely N-dealkylation sites (N-methyl/N-ethyl adjacent to an activating group) is 1. The van der Waals surface area contributed by atoms with Gasteiger partial charge in [0.2, 0.25) is 5.91 Å². The van der Waals surface area contributed by atoms with Crippen LogP contribution < -0.4 is 32.2 Å². The molecule has 0 aliphatic carbocycles. The van der Waals surface area contributed by atoms with Crippen molar-refractivity contribution < 1.29 is 23.9 Å². The Morgan fingerprint density at radius 1 is 1.19 bits per heavy atom. The Kier molecular flexibility index (Phi) is 12.6. The molecule has 1 rings (SSSR count). The summed E-state index contributed by atoms with van der Waals surface area (Å²) in [7, 11) is 4.56. The van der Waals surface area contributed by atoms with Gasteiger partial charge in [-0.2, -0.15) is 0 Å². The van der Waals surface area contributed by atoms with Crippen LogP contribution in [-0.2, 0) is 14.3 Å². The van der Waals surface area contributed by atoms with Crippen LogP contribution in [0.1, 0.15) is 23.7 Å². The van der Waals surface area contributed by atoms with Gasteiger partial charge in [-0.15, -0.1) is 0 Å². The molecule has 0 fully saturated rings. The molecule has 0 aromatic heterocycles. The first-order valence-electron chi connectivity index (χ1n) is 11.0. The van der Waals surface area contributed by atoms with Gasteiger partial charge < -0.3 is 36.9 Å². The Morgan fingerprint density at radius 2 is 1.89 bits per heavy atom. The highest BCUT2D eigenvalue weighted by Gasteiger charge is 2.21. The number of carbonyl (C=O) groups is 3. The first-order valence-corrected chi connectivity index (χ1v) is 11.0. The third kappa shape index (κ3) is 9.35. The number of ether oxygens (including phenoxy) is 2. The molecule has 13 nitrogen and oxygen atoms in total. The number of rotatable bonds is 15. The topological polar surface area (TPSA) is 191 Å². The highest BCUT2D eigenvalue weighted by Crippen LogP contribution is 2.39. The van der Waals surface area contributed by atoms with E-state index in [-0.39, 0.29) is 37.1 Å². The van der Waals surface area contributed by atoms with Gasteiger partial charge in [-0.3, -0.25) is 29.3 Å². The minimum Gasteiger partial charge on any atom is -0.494 e. The third-order valence-electron chi connectivity index (χ3n) is 4.93. The highest BCUT2D eigenvalue weighted by molar-refractivity contribution is 6.43. The molecule has 0 saturated carbocycles. The second kappa shape index (κ2) is 15.1. The molecule has 0 bridgehead atoms. The average Bonchev–Trinajstić information content (AvgIpc) is 2.84. The fraction of sp³-hybridized carbons (Fsp3) is 0.435. The minimum atomic E-state index is -0.652. The summed E-state index contributed by atoms with van der Waals surface area (Å²) in [6, 6.07) is 2.99. The van der Waals surface area contributed by atoms with E-state index in [0.29, 0.717) is 42.3 Å². The van der Waals surface area contributed by atoms with Gasteiger partial charge in [0, 0.05) is 24.4 Å². The zero-order valence-electron chi connectivity index (χ0n) is 21.2. The van der Waals surface area contributed by atoms with Gasteiger partial charge in [0.1, 0.15) is 17.1 Å². The summed E-state index contributed by atoms with van der Waals surface area (Å²) in [6.45, 7) is 6.25. The normalized spacial score (nSPS) is 11.7. The zero-order valence-corrected chi connectivity index (χ0v) is 21.2. The molecule has 7 N–H and O–H groups in total. The quantitative estimate of drug-likeness (QED) is 0.141. The van der Waals surface area contributed by atoms with Crippen molar-refractivity contribution in [3.63, 3.8) is 0 Å². The van der Waals surface area contributed by atoms with E-state index in [9.17, 15) is 14.4 Å². The number of carbonyl (C=O) groups excluding carboxylic acids is 3. The van der Waals surface area contributed by atoms with E-state index < -0.39 is 11.8 Å². The molecule has 1 aromatic carbocycles. The van der Waals surface area contributed by atoms with Gasteiger partial charge in [0.25, 0.3) is 5.91 Å².